The molecule has 0 bridgehead atoms. The molecule has 2 aliphatic heterocycles. The summed E-state index contributed by atoms with van der Waals surface area (Å²) in [6.07, 6.45) is 2.21. The second kappa shape index (κ2) is 6.77. The van der Waals surface area contributed by atoms with Gasteiger partial charge in [-0.1, -0.05) is 19.1 Å². The molecule has 2 heterocycles. The molecule has 1 saturated heterocycles. The Kier molecular flexibility index (Phi) is 4.78. The van der Waals surface area contributed by atoms with E-state index in [0.29, 0.717) is 0 Å². The highest BCUT2D eigenvalue weighted by molar-refractivity contribution is 5.39. The number of morpholine rings is 1. The highest BCUT2D eigenvalue weighted by Gasteiger charge is 2.26. The molecule has 3 rings (SSSR count). The number of hydrogen-bond donors (Lipinski definition) is 1. The van der Waals surface area contributed by atoms with Crippen LogP contribution in [0.4, 0.5) is 0 Å². The Morgan fingerprint density at radius 3 is 3.14 bits per heavy atom. The summed E-state index contributed by atoms with van der Waals surface area (Å²) in [7, 11) is 0. The molecule has 4 heteroatoms. The van der Waals surface area contributed by atoms with Gasteiger partial charge in [0.05, 0.1) is 25.4 Å². The molecule has 0 aromatic heterocycles. The fraction of sp³-hybridized carbons (Fsp3) is 0.647. The zero-order chi connectivity index (χ0) is 14.7. The van der Waals surface area contributed by atoms with E-state index in [4.69, 9.17) is 9.47 Å². The quantitative estimate of drug-likeness (QED) is 0.895. The fourth-order valence-corrected chi connectivity index (χ4v) is 3.15. The molecule has 4 nitrogen and oxygen atoms in total. The Balaban J connectivity index is 1.52. The van der Waals surface area contributed by atoms with Crippen LogP contribution in [0, 0.1) is 0 Å². The molecule has 0 amide bonds. The summed E-state index contributed by atoms with van der Waals surface area (Å²) in [6, 6.07) is 6.38. The Morgan fingerprint density at radius 2 is 2.29 bits per heavy atom. The summed E-state index contributed by atoms with van der Waals surface area (Å²) in [5.74, 6) is 1.02. The van der Waals surface area contributed by atoms with E-state index in [1.807, 2.05) is 0 Å². The van der Waals surface area contributed by atoms with E-state index in [0.717, 1.165) is 57.9 Å². The molecular formula is C17H25NO3. The van der Waals surface area contributed by atoms with E-state index in [-0.39, 0.29) is 12.2 Å². The monoisotopic (exact) mass is 291 g/mol. The lowest BCUT2D eigenvalue weighted by atomic mass is 10.0. The van der Waals surface area contributed by atoms with E-state index in [1.165, 1.54) is 11.1 Å². The molecule has 0 saturated carbocycles. The van der Waals surface area contributed by atoms with E-state index in [2.05, 4.69) is 30.0 Å². The molecule has 1 fully saturated rings. The Labute approximate surface area is 126 Å². The predicted octanol–water partition coefficient (Wildman–Crippen LogP) is 1.64. The normalized spacial score (nSPS) is 23.6. The number of aliphatic hydroxyl groups excluding tert-OH is 1. The van der Waals surface area contributed by atoms with E-state index in [9.17, 15) is 5.11 Å². The van der Waals surface area contributed by atoms with Crippen molar-refractivity contribution in [2.75, 3.05) is 32.8 Å². The highest BCUT2D eigenvalue weighted by atomic mass is 16.5. The minimum atomic E-state index is -0.385. The molecule has 0 spiro atoms. The minimum absolute atomic E-state index is 0.0449. The average molecular weight is 291 g/mol. The Hall–Kier alpha value is -1.10. The van der Waals surface area contributed by atoms with Gasteiger partial charge in [-0.05, 0) is 36.6 Å². The fourth-order valence-electron chi connectivity index (χ4n) is 3.15. The van der Waals surface area contributed by atoms with E-state index < -0.39 is 0 Å². The molecule has 2 aliphatic rings. The molecule has 1 N–H and O–H groups in total. The third kappa shape index (κ3) is 3.57. The zero-order valence-corrected chi connectivity index (χ0v) is 12.8. The van der Waals surface area contributed by atoms with Gasteiger partial charge in [0.25, 0.3) is 0 Å². The maximum Gasteiger partial charge on any atom is 0.122 e. The molecule has 1 aromatic carbocycles. The zero-order valence-electron chi connectivity index (χ0n) is 12.8. The van der Waals surface area contributed by atoms with Crippen LogP contribution in [0.3, 0.4) is 0 Å². The van der Waals surface area contributed by atoms with E-state index in [1.54, 1.807) is 0 Å². The van der Waals surface area contributed by atoms with Gasteiger partial charge in [0.15, 0.2) is 0 Å². The standard InChI is InChI=1S/C17H25NO3/c1-2-18-8-10-21-17(12-18)15(19)5-3-13-4-6-16-14(11-13)7-9-20-16/h4,6,11,15,17,19H,2-3,5,7-10,12H2,1H3. The molecule has 1 aromatic rings. The smallest absolute Gasteiger partial charge is 0.122 e. The van der Waals surface area contributed by atoms with Crippen molar-refractivity contribution < 1.29 is 14.6 Å². The van der Waals surface area contributed by atoms with Crippen LogP contribution in [0.1, 0.15) is 24.5 Å². The lowest BCUT2D eigenvalue weighted by molar-refractivity contribution is -0.0890. The number of likely N-dealkylation sites (N-methyl/N-ethyl adjacent to an activating group) is 1. The van der Waals surface area contributed by atoms with Crippen LogP contribution in [0.2, 0.25) is 0 Å². The minimum Gasteiger partial charge on any atom is -0.493 e. The van der Waals surface area contributed by atoms with Gasteiger partial charge < -0.3 is 14.6 Å². The average Bonchev–Trinajstić information content (AvgIpc) is 3.00. The number of rotatable bonds is 5. The molecule has 2 unspecified atom stereocenters. The van der Waals surface area contributed by atoms with Crippen LogP contribution in [0.25, 0.3) is 0 Å². The molecule has 21 heavy (non-hydrogen) atoms. The highest BCUT2D eigenvalue weighted by Crippen LogP contribution is 2.26. The summed E-state index contributed by atoms with van der Waals surface area (Å²) in [4.78, 5) is 2.34. The first kappa shape index (κ1) is 14.8. The van der Waals surface area contributed by atoms with Crippen LogP contribution in [0.15, 0.2) is 18.2 Å². The lowest BCUT2D eigenvalue weighted by Gasteiger charge is -2.34. The molecular weight excluding hydrogens is 266 g/mol. The van der Waals surface area contributed by atoms with Crippen molar-refractivity contribution in [3.05, 3.63) is 29.3 Å². The van der Waals surface area contributed by atoms with Gasteiger partial charge in [-0.3, -0.25) is 4.90 Å². The van der Waals surface area contributed by atoms with Gasteiger partial charge in [0.2, 0.25) is 0 Å². The van der Waals surface area contributed by atoms with Gasteiger partial charge in [0, 0.05) is 19.5 Å². The third-order valence-corrected chi connectivity index (χ3v) is 4.54. The number of nitrogens with zero attached hydrogens (tertiary/aromatic N) is 1. The van der Waals surface area contributed by atoms with Gasteiger partial charge in [-0.25, -0.2) is 0 Å². The maximum atomic E-state index is 10.4. The van der Waals surface area contributed by atoms with Crippen molar-refractivity contribution in [2.45, 2.75) is 38.4 Å². The van der Waals surface area contributed by atoms with Crippen LogP contribution < -0.4 is 4.74 Å². The number of benzene rings is 1. The first-order chi connectivity index (χ1) is 10.3. The van der Waals surface area contributed by atoms with E-state index >= 15 is 0 Å². The van der Waals surface area contributed by atoms with Crippen LogP contribution in [-0.4, -0.2) is 55.1 Å². The molecule has 116 valence electrons. The van der Waals surface area contributed by atoms with Crippen molar-refractivity contribution in [1.29, 1.82) is 0 Å². The second-order valence-corrected chi connectivity index (χ2v) is 5.95. The topological polar surface area (TPSA) is 41.9 Å². The summed E-state index contributed by atoms with van der Waals surface area (Å²) in [5.41, 5.74) is 2.58. The first-order valence-electron chi connectivity index (χ1n) is 8.03. The van der Waals surface area contributed by atoms with Crippen LogP contribution >= 0.6 is 0 Å². The van der Waals surface area contributed by atoms with Gasteiger partial charge in [0.1, 0.15) is 5.75 Å². The maximum absolute atomic E-state index is 10.4. The lowest BCUT2D eigenvalue weighted by Crippen LogP contribution is -2.47. The van der Waals surface area contributed by atoms with Crippen molar-refractivity contribution in [1.82, 2.24) is 4.90 Å². The van der Waals surface area contributed by atoms with Crippen molar-refractivity contribution in [3.8, 4) is 5.75 Å². The summed E-state index contributed by atoms with van der Waals surface area (Å²) < 4.78 is 11.2. The van der Waals surface area contributed by atoms with Crippen molar-refractivity contribution in [2.24, 2.45) is 0 Å². The number of ether oxygens (including phenoxy) is 2. The van der Waals surface area contributed by atoms with Crippen LogP contribution in [0.5, 0.6) is 5.75 Å². The van der Waals surface area contributed by atoms with Gasteiger partial charge in [-0.15, -0.1) is 0 Å². The third-order valence-electron chi connectivity index (χ3n) is 4.54. The summed E-state index contributed by atoms with van der Waals surface area (Å²) in [5, 5.41) is 10.4. The molecule has 0 radical (unpaired) electrons. The second-order valence-electron chi connectivity index (χ2n) is 5.95. The number of aryl methyl sites for hydroxylation is 1. The van der Waals surface area contributed by atoms with Gasteiger partial charge >= 0.3 is 0 Å². The van der Waals surface area contributed by atoms with Crippen molar-refractivity contribution in [3.63, 3.8) is 0 Å². The predicted molar refractivity (Wildman–Crippen MR) is 81.8 cm³/mol. The largest absolute Gasteiger partial charge is 0.493 e. The Morgan fingerprint density at radius 1 is 1.38 bits per heavy atom. The SMILES string of the molecule is CCN1CCOC(C(O)CCc2ccc3c(c2)CCO3)C1. The first-order valence-corrected chi connectivity index (χ1v) is 8.03. The number of hydrogen-bond acceptors (Lipinski definition) is 4. The summed E-state index contributed by atoms with van der Waals surface area (Å²) >= 11 is 0. The van der Waals surface area contributed by atoms with Crippen molar-refractivity contribution >= 4 is 0 Å². The number of aliphatic hydroxyl groups is 1. The van der Waals surface area contributed by atoms with Crippen LogP contribution in [-0.2, 0) is 17.6 Å². The Bertz CT molecular complexity index is 477. The number of fused-ring (bicyclic) bond motifs is 1. The molecule has 0 aliphatic carbocycles. The summed E-state index contributed by atoms with van der Waals surface area (Å²) in [6.45, 7) is 6.52. The van der Waals surface area contributed by atoms with Gasteiger partial charge in [-0.2, -0.15) is 0 Å². The molecule has 2 atom stereocenters.